The highest BCUT2D eigenvalue weighted by atomic mass is 16.5. The van der Waals surface area contributed by atoms with Gasteiger partial charge in [-0.2, -0.15) is 0 Å². The largest absolute Gasteiger partial charge is 0.507 e. The number of fused-ring (bicyclic) bond motifs is 3. The summed E-state index contributed by atoms with van der Waals surface area (Å²) in [5.41, 5.74) is -5.02. The third-order valence-corrected chi connectivity index (χ3v) is 3.80. The SMILES string of the molecule is [2H]C1([2H])C[C@H]2C(C([2H])([2H])[2H])(C([2H])([2H])[2H])Oc3cc(C([2H])([2H])C([2H])([2H])C([2H])([2H])C([2H])([2H])C([2H])([2H])[2H])cc(O)c3[C@]2([2H])C=C1C. The summed E-state index contributed by atoms with van der Waals surface area (Å²) in [6.07, 6.45) is -17.9. The molecule has 0 aromatic heterocycles. The molecule has 1 heterocycles. The van der Waals surface area contributed by atoms with E-state index in [1.54, 1.807) is 0 Å². The number of phenolic OH excluding ortho intramolecular Hbond substituents is 1. The topological polar surface area (TPSA) is 29.5 Å². The average Bonchev–Trinajstić information content (AvgIpc) is 2.76. The summed E-state index contributed by atoms with van der Waals surface area (Å²) in [6, 6.07) is 1.09. The fourth-order valence-corrected chi connectivity index (χ4v) is 2.79. The fraction of sp³-hybridized carbons (Fsp3) is 0.619. The number of aromatic hydroxyl groups is 1. The van der Waals surface area contributed by atoms with Gasteiger partial charge in [-0.25, -0.2) is 0 Å². The lowest BCUT2D eigenvalue weighted by Gasteiger charge is -2.46. The predicted molar refractivity (Wildman–Crippen MR) is 95.3 cm³/mol. The molecular weight excluding hydrogens is 284 g/mol. The second kappa shape index (κ2) is 6.22. The van der Waals surface area contributed by atoms with E-state index >= 15 is 0 Å². The molecule has 0 amide bonds. The van der Waals surface area contributed by atoms with Crippen molar-refractivity contribution < 1.29 is 37.3 Å². The molecule has 1 aromatic carbocycles. The van der Waals surface area contributed by atoms with Crippen LogP contribution in [-0.4, -0.2) is 10.7 Å². The lowest BCUT2D eigenvalue weighted by molar-refractivity contribution is 0.0107. The van der Waals surface area contributed by atoms with Gasteiger partial charge in [-0.05, 0) is 63.9 Å². The van der Waals surface area contributed by atoms with Gasteiger partial charge in [-0.1, -0.05) is 31.2 Å². The summed E-state index contributed by atoms with van der Waals surface area (Å²) in [7, 11) is 0. The minimum absolute atomic E-state index is 0.105. The third kappa shape index (κ3) is 3.13. The van der Waals surface area contributed by atoms with E-state index in [4.69, 9.17) is 30.8 Å². The molecule has 1 aliphatic heterocycles. The monoisotopic (exact) mass is 334 g/mol. The number of ether oxygens (including phenoxy) is 1. The zero-order valence-corrected chi connectivity index (χ0v) is 12.4. The van der Waals surface area contributed by atoms with Crippen molar-refractivity contribution in [2.45, 2.75) is 77.3 Å². The van der Waals surface area contributed by atoms with Crippen molar-refractivity contribution in [3.63, 3.8) is 0 Å². The number of phenols is 1. The lowest BCUT2D eigenvalue weighted by atomic mass is 9.68. The van der Waals surface area contributed by atoms with Crippen LogP contribution in [0.5, 0.6) is 11.5 Å². The molecule has 0 spiro atoms. The molecule has 2 heteroatoms. The molecule has 0 fully saturated rings. The molecule has 1 aliphatic carbocycles. The van der Waals surface area contributed by atoms with E-state index in [9.17, 15) is 6.48 Å². The number of rotatable bonds is 4. The molecule has 23 heavy (non-hydrogen) atoms. The second-order valence-electron chi connectivity index (χ2n) is 5.42. The number of aryl methyl sites for hydroxylation is 1. The van der Waals surface area contributed by atoms with Crippen LogP contribution in [0.1, 0.15) is 104 Å². The van der Waals surface area contributed by atoms with Crippen LogP contribution >= 0.6 is 0 Å². The van der Waals surface area contributed by atoms with Crippen molar-refractivity contribution in [3.8, 4) is 11.5 Å². The molecule has 0 bridgehead atoms. The van der Waals surface area contributed by atoms with Gasteiger partial charge < -0.3 is 9.84 Å². The first-order valence-corrected chi connectivity index (χ1v) is 6.95. The Bertz CT molecular complexity index is 1300. The van der Waals surface area contributed by atoms with Gasteiger partial charge in [0.05, 0.1) is 0 Å². The Morgan fingerprint density at radius 1 is 1.48 bits per heavy atom. The fourth-order valence-electron chi connectivity index (χ4n) is 2.79. The van der Waals surface area contributed by atoms with Crippen LogP contribution in [-0.2, 0) is 6.37 Å². The first-order chi connectivity index (χ1) is 18.7. The van der Waals surface area contributed by atoms with Gasteiger partial charge in [0.25, 0.3) is 0 Å². The Kier molecular flexibility index (Phi) is 1.30. The van der Waals surface area contributed by atoms with Gasteiger partial charge in [0.2, 0.25) is 0 Å². The summed E-state index contributed by atoms with van der Waals surface area (Å²) >= 11 is 0. The second-order valence-corrected chi connectivity index (χ2v) is 5.42. The third-order valence-electron chi connectivity index (χ3n) is 3.80. The van der Waals surface area contributed by atoms with Crippen molar-refractivity contribution in [3.05, 3.63) is 34.9 Å². The van der Waals surface area contributed by atoms with E-state index in [-0.39, 0.29) is 5.57 Å². The summed E-state index contributed by atoms with van der Waals surface area (Å²) in [5, 5.41) is 11.1. The minimum atomic E-state index is -4.07. The van der Waals surface area contributed by atoms with Crippen molar-refractivity contribution in [2.24, 2.45) is 5.92 Å². The minimum Gasteiger partial charge on any atom is -0.507 e. The molecular formula is C21H30O2. The average molecular weight is 335 g/mol. The van der Waals surface area contributed by atoms with Crippen LogP contribution < -0.4 is 4.74 Å². The van der Waals surface area contributed by atoms with Crippen LogP contribution in [0, 0.1) is 5.92 Å². The summed E-state index contributed by atoms with van der Waals surface area (Å²) < 4.78 is 168. The Labute approximate surface area is 168 Å². The van der Waals surface area contributed by atoms with Crippen molar-refractivity contribution >= 4 is 0 Å². The van der Waals surface area contributed by atoms with E-state index in [1.165, 1.54) is 6.92 Å². The van der Waals surface area contributed by atoms with Gasteiger partial charge in [0.1, 0.15) is 17.1 Å². The summed E-state index contributed by atoms with van der Waals surface area (Å²) in [6.45, 7) is -9.67. The van der Waals surface area contributed by atoms with E-state index in [0.717, 1.165) is 6.08 Å². The Morgan fingerprint density at radius 3 is 3.13 bits per heavy atom. The summed E-state index contributed by atoms with van der Waals surface area (Å²) in [4.78, 5) is 0. The molecule has 3 rings (SSSR count). The number of hydrogen-bond acceptors (Lipinski definition) is 2. The normalized spacial score (nSPS) is 47.5. The van der Waals surface area contributed by atoms with Crippen LogP contribution in [0.4, 0.5) is 0 Å². The molecule has 0 radical (unpaired) electrons. The smallest absolute Gasteiger partial charge is 0.127 e. The van der Waals surface area contributed by atoms with Crippen LogP contribution in [0.15, 0.2) is 23.8 Å². The highest BCUT2D eigenvalue weighted by molar-refractivity contribution is 5.53. The van der Waals surface area contributed by atoms with Gasteiger partial charge in [-0.3, -0.25) is 0 Å². The first kappa shape index (κ1) is 4.80. The first-order valence-electron chi connectivity index (χ1n) is 17.0. The van der Waals surface area contributed by atoms with E-state index in [2.05, 4.69) is 0 Å². The lowest BCUT2D eigenvalue weighted by Crippen LogP contribution is -2.45. The van der Waals surface area contributed by atoms with Gasteiger partial charge in [0.15, 0.2) is 0 Å². The maximum Gasteiger partial charge on any atom is 0.127 e. The molecule has 1 aromatic rings. The Morgan fingerprint density at radius 2 is 2.35 bits per heavy atom. The standard InChI is InChI=1S/C21H30O2/c1-5-6-7-8-15-12-18(22)20-16-11-14(2)9-10-17(16)21(3,4)23-19(20)13-15/h11-13,16-17,22H,5-10H2,1-4H3/t16-,17-/m1/s1/i1D3,3D3,4D3,5D2,6D2,7D2,8D2,9D2,16D. The Balaban J connectivity index is 2.42. The van der Waals surface area contributed by atoms with Gasteiger partial charge in [0, 0.05) is 44.8 Å². The highest BCUT2D eigenvalue weighted by Gasteiger charge is 2.45. The number of allylic oxidation sites excluding steroid dienone is 2. The van der Waals surface area contributed by atoms with Gasteiger partial charge in [-0.15, -0.1) is 0 Å². The number of hydrogen-bond donors (Lipinski definition) is 1. The molecule has 0 unspecified atom stereocenters. The number of benzene rings is 1. The molecule has 2 aliphatic rings. The molecule has 2 nitrogen and oxygen atoms in total. The van der Waals surface area contributed by atoms with Crippen LogP contribution in [0.25, 0.3) is 0 Å². The molecule has 126 valence electrons. The van der Waals surface area contributed by atoms with Crippen molar-refractivity contribution in [2.75, 3.05) is 0 Å². The van der Waals surface area contributed by atoms with Crippen LogP contribution in [0.3, 0.4) is 0 Å². The molecule has 2 atom stereocenters. The highest BCUT2D eigenvalue weighted by Crippen LogP contribution is 2.53. The molecule has 1 N–H and O–H groups in total. The van der Waals surface area contributed by atoms with E-state index in [1.807, 2.05) is 0 Å². The Hall–Kier alpha value is -1.44. The maximum atomic E-state index is 11.1. The van der Waals surface area contributed by atoms with E-state index in [0.29, 0.717) is 12.1 Å². The molecule has 0 saturated heterocycles. The maximum absolute atomic E-state index is 11.1. The quantitative estimate of drug-likeness (QED) is 0.712. The van der Waals surface area contributed by atoms with Crippen LogP contribution in [0.2, 0.25) is 0 Å². The summed E-state index contributed by atoms with van der Waals surface area (Å²) in [5.74, 6) is -6.41. The van der Waals surface area contributed by atoms with E-state index < -0.39 is 98.9 Å². The predicted octanol–water partition coefficient (Wildman–Crippen LogP) is 5.74. The molecule has 0 saturated carbocycles. The zero-order valence-electron chi connectivity index (χ0n) is 32.4. The van der Waals surface area contributed by atoms with Gasteiger partial charge >= 0.3 is 0 Å². The van der Waals surface area contributed by atoms with Crippen molar-refractivity contribution in [1.29, 1.82) is 0 Å². The van der Waals surface area contributed by atoms with Crippen molar-refractivity contribution in [1.82, 2.24) is 0 Å². The zero-order chi connectivity index (χ0) is 34.0.